The van der Waals surface area contributed by atoms with Crippen LogP contribution >= 0.6 is 11.6 Å². The van der Waals surface area contributed by atoms with Gasteiger partial charge in [-0.2, -0.15) is 18.3 Å². The fraction of sp³-hybridized carbons (Fsp3) is 0.158. The monoisotopic (exact) mass is 425 g/mol. The number of rotatable bonds is 5. The molecule has 0 aliphatic rings. The molecular formula is C19H15ClF3N3O3. The SMILES string of the molecule is COc1ccc(NC(=O)c2cnn(-c3ccc(Cl)cc3)c2C(F)(F)F)c(OC)c1. The first-order chi connectivity index (χ1) is 13.7. The van der Waals surface area contributed by atoms with Gasteiger partial charge in [0.25, 0.3) is 5.91 Å². The fourth-order valence-electron chi connectivity index (χ4n) is 2.66. The van der Waals surface area contributed by atoms with Gasteiger partial charge in [-0.15, -0.1) is 0 Å². The van der Waals surface area contributed by atoms with Gasteiger partial charge in [-0.25, -0.2) is 4.68 Å². The van der Waals surface area contributed by atoms with Gasteiger partial charge in [0.15, 0.2) is 5.69 Å². The summed E-state index contributed by atoms with van der Waals surface area (Å²) < 4.78 is 52.1. The molecule has 10 heteroatoms. The number of methoxy groups -OCH3 is 2. The summed E-state index contributed by atoms with van der Waals surface area (Å²) in [5, 5.41) is 6.54. The Bertz CT molecular complexity index is 1030. The van der Waals surface area contributed by atoms with Gasteiger partial charge < -0.3 is 14.8 Å². The molecule has 0 aliphatic carbocycles. The number of nitrogens with zero attached hydrogens (tertiary/aromatic N) is 2. The molecule has 6 nitrogen and oxygen atoms in total. The topological polar surface area (TPSA) is 65.4 Å². The van der Waals surface area contributed by atoms with Crippen LogP contribution in [-0.2, 0) is 6.18 Å². The second-order valence-corrected chi connectivity index (χ2v) is 6.25. The maximum atomic E-state index is 13.7. The molecule has 0 saturated heterocycles. The predicted molar refractivity (Wildman–Crippen MR) is 101 cm³/mol. The molecule has 0 radical (unpaired) electrons. The van der Waals surface area contributed by atoms with Crippen LogP contribution in [0.4, 0.5) is 18.9 Å². The lowest BCUT2D eigenvalue weighted by atomic mass is 10.2. The summed E-state index contributed by atoms with van der Waals surface area (Å²) in [7, 11) is 2.82. The minimum Gasteiger partial charge on any atom is -0.497 e. The van der Waals surface area contributed by atoms with E-state index in [0.29, 0.717) is 15.5 Å². The fourth-order valence-corrected chi connectivity index (χ4v) is 2.78. The van der Waals surface area contributed by atoms with E-state index in [-0.39, 0.29) is 17.1 Å². The van der Waals surface area contributed by atoms with Gasteiger partial charge in [0.2, 0.25) is 0 Å². The normalized spacial score (nSPS) is 11.2. The zero-order chi connectivity index (χ0) is 21.2. The number of benzene rings is 2. The molecule has 0 fully saturated rings. The van der Waals surface area contributed by atoms with Crippen molar-refractivity contribution in [3.05, 3.63) is 64.9 Å². The van der Waals surface area contributed by atoms with E-state index in [9.17, 15) is 18.0 Å². The number of anilines is 1. The van der Waals surface area contributed by atoms with E-state index in [1.54, 1.807) is 6.07 Å². The van der Waals surface area contributed by atoms with E-state index in [2.05, 4.69) is 10.4 Å². The third kappa shape index (κ3) is 4.29. The van der Waals surface area contributed by atoms with Crippen LogP contribution in [-0.4, -0.2) is 29.9 Å². The summed E-state index contributed by atoms with van der Waals surface area (Å²) in [6.45, 7) is 0. The van der Waals surface area contributed by atoms with E-state index in [1.165, 1.54) is 50.6 Å². The summed E-state index contributed by atoms with van der Waals surface area (Å²) in [5.41, 5.74) is -1.54. The van der Waals surface area contributed by atoms with Crippen LogP contribution < -0.4 is 14.8 Å². The maximum absolute atomic E-state index is 13.7. The van der Waals surface area contributed by atoms with Crippen molar-refractivity contribution in [1.82, 2.24) is 9.78 Å². The first-order valence-electron chi connectivity index (χ1n) is 8.19. The molecule has 1 N–H and O–H groups in total. The first kappa shape index (κ1) is 20.5. The average Bonchev–Trinajstić information content (AvgIpc) is 3.14. The van der Waals surface area contributed by atoms with Gasteiger partial charge in [0, 0.05) is 11.1 Å². The highest BCUT2D eigenvalue weighted by atomic mass is 35.5. The predicted octanol–water partition coefficient (Wildman–Crippen LogP) is 4.81. The van der Waals surface area contributed by atoms with E-state index < -0.39 is 23.3 Å². The smallest absolute Gasteiger partial charge is 0.434 e. The third-order valence-corrected chi connectivity index (χ3v) is 4.26. The van der Waals surface area contributed by atoms with Crippen molar-refractivity contribution in [2.45, 2.75) is 6.18 Å². The highest BCUT2D eigenvalue weighted by molar-refractivity contribution is 6.30. The van der Waals surface area contributed by atoms with Crippen molar-refractivity contribution in [2.75, 3.05) is 19.5 Å². The van der Waals surface area contributed by atoms with E-state index in [1.807, 2.05) is 0 Å². The van der Waals surface area contributed by atoms with Gasteiger partial charge in [-0.3, -0.25) is 4.79 Å². The summed E-state index contributed by atoms with van der Waals surface area (Å²) >= 11 is 5.79. The van der Waals surface area contributed by atoms with Crippen LogP contribution in [0, 0.1) is 0 Å². The van der Waals surface area contributed by atoms with Crippen molar-refractivity contribution < 1.29 is 27.4 Å². The Kier molecular flexibility index (Phi) is 5.69. The minimum absolute atomic E-state index is 0.114. The van der Waals surface area contributed by atoms with E-state index >= 15 is 0 Å². The zero-order valence-electron chi connectivity index (χ0n) is 15.2. The summed E-state index contributed by atoms with van der Waals surface area (Å²) in [6.07, 6.45) is -3.96. The molecule has 0 spiro atoms. The third-order valence-electron chi connectivity index (χ3n) is 4.01. The molecule has 29 heavy (non-hydrogen) atoms. The van der Waals surface area contributed by atoms with Crippen LogP contribution in [0.5, 0.6) is 11.5 Å². The molecule has 0 bridgehead atoms. The molecule has 0 aliphatic heterocycles. The van der Waals surface area contributed by atoms with Crippen molar-refractivity contribution in [3.63, 3.8) is 0 Å². The molecule has 1 heterocycles. The Morgan fingerprint density at radius 1 is 1.10 bits per heavy atom. The number of aromatic nitrogens is 2. The minimum atomic E-state index is -4.83. The summed E-state index contributed by atoms with van der Waals surface area (Å²) in [5.74, 6) is -0.288. The van der Waals surface area contributed by atoms with Crippen LogP contribution in [0.3, 0.4) is 0 Å². The largest absolute Gasteiger partial charge is 0.497 e. The first-order valence-corrected chi connectivity index (χ1v) is 8.57. The lowest BCUT2D eigenvalue weighted by molar-refractivity contribution is -0.143. The second-order valence-electron chi connectivity index (χ2n) is 5.81. The Morgan fingerprint density at radius 2 is 1.79 bits per heavy atom. The number of ether oxygens (including phenoxy) is 2. The Hall–Kier alpha value is -3.20. The average molecular weight is 426 g/mol. The number of nitrogens with one attached hydrogen (secondary N) is 1. The van der Waals surface area contributed by atoms with Crippen molar-refractivity contribution in [3.8, 4) is 17.2 Å². The lowest BCUT2D eigenvalue weighted by Gasteiger charge is -2.14. The van der Waals surface area contributed by atoms with Crippen LogP contribution in [0.15, 0.2) is 48.7 Å². The number of carbonyl (C=O) groups excluding carboxylic acids is 1. The second kappa shape index (κ2) is 8.04. The Labute approximate surface area is 168 Å². The van der Waals surface area contributed by atoms with Gasteiger partial charge in [0.05, 0.1) is 37.4 Å². The molecule has 1 amide bonds. The standard InChI is InChI=1S/C19H15ClF3N3O3/c1-28-13-7-8-15(16(9-13)29-2)25-18(27)14-10-24-26(17(14)19(21,22)23)12-5-3-11(20)4-6-12/h3-10H,1-2H3,(H,25,27). The molecule has 152 valence electrons. The molecule has 0 unspecified atom stereocenters. The molecule has 3 rings (SSSR count). The summed E-state index contributed by atoms with van der Waals surface area (Å²) in [4.78, 5) is 12.6. The maximum Gasteiger partial charge on any atom is 0.434 e. The van der Waals surface area contributed by atoms with E-state index in [4.69, 9.17) is 21.1 Å². The van der Waals surface area contributed by atoms with Gasteiger partial charge in [-0.1, -0.05) is 11.6 Å². The number of alkyl halides is 3. The zero-order valence-corrected chi connectivity index (χ0v) is 16.0. The van der Waals surface area contributed by atoms with Crippen LogP contribution in [0.25, 0.3) is 5.69 Å². The van der Waals surface area contributed by atoms with Crippen LogP contribution in [0.2, 0.25) is 5.02 Å². The Morgan fingerprint density at radius 3 is 2.38 bits per heavy atom. The van der Waals surface area contributed by atoms with Crippen molar-refractivity contribution in [1.29, 1.82) is 0 Å². The van der Waals surface area contributed by atoms with Gasteiger partial charge in [-0.05, 0) is 36.4 Å². The highest BCUT2D eigenvalue weighted by Crippen LogP contribution is 2.35. The molecule has 0 saturated carbocycles. The van der Waals surface area contributed by atoms with Gasteiger partial charge >= 0.3 is 6.18 Å². The molecule has 3 aromatic rings. The number of amides is 1. The quantitative estimate of drug-likeness (QED) is 0.637. The molecule has 2 aromatic carbocycles. The highest BCUT2D eigenvalue weighted by Gasteiger charge is 2.40. The van der Waals surface area contributed by atoms with E-state index in [0.717, 1.165) is 6.20 Å². The number of hydrogen-bond acceptors (Lipinski definition) is 4. The van der Waals surface area contributed by atoms with Crippen LogP contribution in [0.1, 0.15) is 16.1 Å². The number of carbonyl (C=O) groups is 1. The van der Waals surface area contributed by atoms with Gasteiger partial charge in [0.1, 0.15) is 11.5 Å². The van der Waals surface area contributed by atoms with Crippen molar-refractivity contribution in [2.24, 2.45) is 0 Å². The number of hydrogen-bond donors (Lipinski definition) is 1. The summed E-state index contributed by atoms with van der Waals surface area (Å²) in [6, 6.07) is 10.1. The molecular weight excluding hydrogens is 411 g/mol. The Balaban J connectivity index is 2.01. The van der Waals surface area contributed by atoms with Crippen molar-refractivity contribution >= 4 is 23.2 Å². The molecule has 1 aromatic heterocycles. The number of halogens is 4. The lowest BCUT2D eigenvalue weighted by Crippen LogP contribution is -2.21. The molecule has 0 atom stereocenters.